The van der Waals surface area contributed by atoms with Gasteiger partial charge < -0.3 is 12.2 Å². The Bertz CT molecular complexity index is 838. The van der Waals surface area contributed by atoms with Crippen molar-refractivity contribution in [3.8, 4) is 0 Å². The Morgan fingerprint density at radius 3 is 1.55 bits per heavy atom. The van der Waals surface area contributed by atoms with Crippen molar-refractivity contribution in [3.05, 3.63) is 68.4 Å². The first-order chi connectivity index (χ1) is 9.93. The zero-order valence-corrected chi connectivity index (χ0v) is 14.2. The molecule has 3 nitrogen and oxygen atoms in total. The molecule has 0 aliphatic carbocycles. The largest absolute Gasteiger partial charge is 2.00 e. The number of aromatic nitrogens is 2. The van der Waals surface area contributed by atoms with Crippen LogP contribution in [0, 0.1) is 7.43 Å². The number of fused-ring (bicyclic) bond motifs is 5. The number of benzene rings is 2. The third-order valence-electron chi connectivity index (χ3n) is 3.33. The molecule has 0 amide bonds. The molecule has 0 saturated heterocycles. The fourth-order valence-electron chi connectivity index (χ4n) is 2.49. The molecule has 4 rings (SSSR count). The Hall–Kier alpha value is -2.12. The summed E-state index contributed by atoms with van der Waals surface area (Å²) in [6.07, 6.45) is 3.67. The van der Waals surface area contributed by atoms with Crippen LogP contribution in [-0.2, 0) is 25.9 Å². The topological polar surface area (TPSA) is 42.9 Å². The fraction of sp³-hybridized carbons (Fsp3) is 0. The SMILES string of the molecule is [CH-]=O.[CH3-].[Pt+2].c1cnc2c(c1)ccc1ccc3cccnc3c12. The van der Waals surface area contributed by atoms with E-state index in [1.165, 1.54) is 5.39 Å². The predicted octanol–water partition coefficient (Wildman–Crippen LogP) is 4.11. The molecule has 2 heterocycles. The maximum Gasteiger partial charge on any atom is 2.00 e. The summed E-state index contributed by atoms with van der Waals surface area (Å²) in [4.78, 5) is 16.8. The summed E-state index contributed by atoms with van der Waals surface area (Å²) in [6, 6.07) is 16.6. The fourth-order valence-corrected chi connectivity index (χ4v) is 2.49. The van der Waals surface area contributed by atoms with E-state index in [0.29, 0.717) is 0 Å². The zero-order chi connectivity index (χ0) is 13.9. The predicted molar refractivity (Wildman–Crippen MR) is 87.7 cm³/mol. The van der Waals surface area contributed by atoms with Gasteiger partial charge in [0.15, 0.2) is 0 Å². The molecule has 0 aliphatic rings. The van der Waals surface area contributed by atoms with Gasteiger partial charge in [-0.05, 0) is 17.5 Å². The van der Waals surface area contributed by atoms with Crippen LogP contribution in [0.15, 0.2) is 60.9 Å². The smallest absolute Gasteiger partial charge is 0.545 e. The number of rotatable bonds is 0. The number of nitrogens with zero attached hydrogens (tertiary/aromatic N) is 2. The van der Waals surface area contributed by atoms with Gasteiger partial charge in [0.2, 0.25) is 0 Å². The first-order valence-electron chi connectivity index (χ1n) is 6.18. The van der Waals surface area contributed by atoms with E-state index in [-0.39, 0.29) is 28.5 Å². The van der Waals surface area contributed by atoms with E-state index in [4.69, 9.17) is 4.79 Å². The molecular weight excluding hydrogens is 455 g/mol. The minimum Gasteiger partial charge on any atom is -0.545 e. The van der Waals surface area contributed by atoms with Gasteiger partial charge in [-0.2, -0.15) is 0 Å². The number of carbonyl (C=O) groups excluding carboxylic acids is 1. The first-order valence-corrected chi connectivity index (χ1v) is 6.18. The van der Waals surface area contributed by atoms with Crippen LogP contribution < -0.4 is 0 Å². The van der Waals surface area contributed by atoms with E-state index in [1.54, 1.807) is 0 Å². The number of pyridine rings is 2. The van der Waals surface area contributed by atoms with E-state index < -0.39 is 0 Å². The number of hydrogen-bond donors (Lipinski definition) is 0. The van der Waals surface area contributed by atoms with Crippen molar-refractivity contribution >= 4 is 39.4 Å². The Morgan fingerprint density at radius 2 is 1.09 bits per heavy atom. The molecule has 0 unspecified atom stereocenters. The van der Waals surface area contributed by atoms with E-state index >= 15 is 0 Å². The van der Waals surface area contributed by atoms with Crippen molar-refractivity contribution in [2.24, 2.45) is 0 Å². The standard InChI is InChI=1S/C16H10N2.CHO.CH3.Pt/c1-3-12-7-5-11-6-8-13-4-2-10-18-16(13)14(11)15(12)17-9-1;1-2;;/h1-10H;1H;1H3;/q;2*-1;+2. The van der Waals surface area contributed by atoms with E-state index in [2.05, 4.69) is 53.2 Å². The first kappa shape index (κ1) is 17.9. The van der Waals surface area contributed by atoms with Gasteiger partial charge in [0.1, 0.15) is 0 Å². The van der Waals surface area contributed by atoms with E-state index in [1.807, 2.05) is 24.5 Å². The van der Waals surface area contributed by atoms with Crippen molar-refractivity contribution in [3.63, 3.8) is 0 Å². The average Bonchev–Trinajstić information content (AvgIpc) is 2.56. The van der Waals surface area contributed by atoms with Gasteiger partial charge in [0.25, 0.3) is 0 Å². The van der Waals surface area contributed by atoms with Gasteiger partial charge in [0, 0.05) is 28.6 Å². The molecule has 22 heavy (non-hydrogen) atoms. The van der Waals surface area contributed by atoms with Gasteiger partial charge in [-0.3, -0.25) is 16.8 Å². The van der Waals surface area contributed by atoms with Gasteiger partial charge in [-0.15, -0.1) is 0 Å². The minimum absolute atomic E-state index is 0. The molecule has 4 aromatic rings. The monoisotopic (exact) mass is 469 g/mol. The second kappa shape index (κ2) is 7.76. The molecule has 0 aliphatic heterocycles. The Morgan fingerprint density at radius 1 is 0.682 bits per heavy atom. The molecule has 4 heteroatoms. The molecule has 0 radical (unpaired) electrons. The molecule has 2 aromatic heterocycles. The van der Waals surface area contributed by atoms with Crippen LogP contribution in [0.3, 0.4) is 0 Å². The quantitative estimate of drug-likeness (QED) is 0.221. The molecule has 112 valence electrons. The maximum atomic E-state index is 7.75. The second-order valence-corrected chi connectivity index (χ2v) is 4.38. The van der Waals surface area contributed by atoms with Gasteiger partial charge in [-0.25, -0.2) is 0 Å². The van der Waals surface area contributed by atoms with E-state index in [0.717, 1.165) is 27.2 Å². The molecule has 2 aromatic carbocycles. The molecule has 0 saturated carbocycles. The van der Waals surface area contributed by atoms with Gasteiger partial charge in [0.05, 0.1) is 11.0 Å². The van der Waals surface area contributed by atoms with Gasteiger partial charge >= 0.3 is 21.1 Å². The molecule has 0 spiro atoms. The normalized spacial score (nSPS) is 9.45. The van der Waals surface area contributed by atoms with Crippen molar-refractivity contribution in [2.45, 2.75) is 0 Å². The Labute approximate surface area is 143 Å². The summed E-state index contributed by atoms with van der Waals surface area (Å²) in [5.41, 5.74) is 2.05. The Balaban J connectivity index is 0.000000583. The molecule has 0 N–H and O–H groups in total. The average molecular weight is 469 g/mol. The minimum atomic E-state index is 0. The molecule has 0 atom stereocenters. The molecule has 0 fully saturated rings. The van der Waals surface area contributed by atoms with Crippen LogP contribution in [0.25, 0.3) is 32.6 Å². The van der Waals surface area contributed by atoms with Crippen molar-refractivity contribution in [1.82, 2.24) is 9.97 Å². The van der Waals surface area contributed by atoms with Crippen LogP contribution in [0.4, 0.5) is 0 Å². The van der Waals surface area contributed by atoms with Crippen LogP contribution >= 0.6 is 0 Å². The summed E-state index contributed by atoms with van der Waals surface area (Å²) in [7, 11) is 0. The zero-order valence-electron chi connectivity index (χ0n) is 12.0. The van der Waals surface area contributed by atoms with E-state index in [9.17, 15) is 0 Å². The van der Waals surface area contributed by atoms with Crippen LogP contribution in [0.2, 0.25) is 0 Å². The summed E-state index contributed by atoms with van der Waals surface area (Å²) >= 11 is 0. The third kappa shape index (κ3) is 2.90. The Kier molecular flexibility index (Phi) is 6.33. The summed E-state index contributed by atoms with van der Waals surface area (Å²) in [5, 5.41) is 4.64. The van der Waals surface area contributed by atoms with Crippen molar-refractivity contribution in [2.75, 3.05) is 0 Å². The number of hydrogen-bond acceptors (Lipinski definition) is 3. The summed E-state index contributed by atoms with van der Waals surface area (Å²) in [6.45, 7) is 3.25. The summed E-state index contributed by atoms with van der Waals surface area (Å²) < 4.78 is 0. The third-order valence-corrected chi connectivity index (χ3v) is 3.33. The van der Waals surface area contributed by atoms with Crippen molar-refractivity contribution in [1.29, 1.82) is 0 Å². The van der Waals surface area contributed by atoms with Crippen LogP contribution in [0.5, 0.6) is 0 Å². The second-order valence-electron chi connectivity index (χ2n) is 4.38. The van der Waals surface area contributed by atoms with Crippen LogP contribution in [-0.4, -0.2) is 16.8 Å². The maximum absolute atomic E-state index is 7.75. The van der Waals surface area contributed by atoms with Crippen LogP contribution in [0.1, 0.15) is 0 Å². The van der Waals surface area contributed by atoms with Gasteiger partial charge in [-0.1, -0.05) is 36.4 Å². The molecular formula is C18H14N2OPt. The van der Waals surface area contributed by atoms with Crippen molar-refractivity contribution < 1.29 is 25.9 Å². The summed E-state index contributed by atoms with van der Waals surface area (Å²) in [5.74, 6) is 0. The molecule has 0 bridgehead atoms.